The van der Waals surface area contributed by atoms with Gasteiger partial charge in [-0.1, -0.05) is 37.6 Å². The molecule has 1 aliphatic rings. The molecule has 32 heavy (non-hydrogen) atoms. The molecule has 2 N–H and O–H groups in total. The van der Waals surface area contributed by atoms with Crippen LogP contribution in [0.3, 0.4) is 0 Å². The normalized spacial score (nSPS) is 15.1. The number of hydrogen-bond acceptors (Lipinski definition) is 6. The largest absolute Gasteiger partial charge is 0.494 e. The first-order chi connectivity index (χ1) is 15.3. The number of benzene rings is 2. The maximum absolute atomic E-state index is 13.0. The van der Waals surface area contributed by atoms with Gasteiger partial charge in [0.05, 0.1) is 29.3 Å². The number of hydrogen-bond donors (Lipinski definition) is 2. The monoisotopic (exact) mass is 451 g/mol. The van der Waals surface area contributed by atoms with Gasteiger partial charge in [-0.25, -0.2) is 0 Å². The maximum Gasteiger partial charge on any atom is 0.254 e. The van der Waals surface area contributed by atoms with E-state index in [0.29, 0.717) is 21.3 Å². The van der Waals surface area contributed by atoms with Crippen molar-refractivity contribution in [2.24, 2.45) is 5.41 Å². The van der Waals surface area contributed by atoms with Crippen molar-refractivity contribution in [3.63, 3.8) is 0 Å². The lowest BCUT2D eigenvalue weighted by Gasteiger charge is -2.47. The van der Waals surface area contributed by atoms with Crippen LogP contribution in [0.5, 0.6) is 11.8 Å². The van der Waals surface area contributed by atoms with Crippen LogP contribution in [0, 0.1) is 5.41 Å². The van der Waals surface area contributed by atoms with Gasteiger partial charge in [0.15, 0.2) is 0 Å². The summed E-state index contributed by atoms with van der Waals surface area (Å²) >= 11 is 6.55. The number of H-pyrrole nitrogens is 1. The zero-order valence-electron chi connectivity index (χ0n) is 17.9. The van der Waals surface area contributed by atoms with Gasteiger partial charge in [-0.05, 0) is 40.4 Å². The van der Waals surface area contributed by atoms with Crippen molar-refractivity contribution in [1.82, 2.24) is 10.1 Å². The molecule has 164 valence electrons. The number of fused-ring (bicyclic) bond motifs is 1. The smallest absolute Gasteiger partial charge is 0.254 e. The second-order valence-corrected chi connectivity index (χ2v) is 9.26. The number of aromatic nitrogens is 2. The molecule has 2 aromatic heterocycles. The summed E-state index contributed by atoms with van der Waals surface area (Å²) in [7, 11) is 1.43. The number of ether oxygens (including phenoxy) is 1. The number of aromatic hydroxyl groups is 1. The minimum absolute atomic E-state index is 0.0311. The summed E-state index contributed by atoms with van der Waals surface area (Å²) in [6.45, 7) is 6.57. The van der Waals surface area contributed by atoms with Crippen molar-refractivity contribution in [1.29, 1.82) is 0 Å². The minimum Gasteiger partial charge on any atom is -0.494 e. The number of ketones is 1. The molecule has 0 saturated carbocycles. The molecule has 0 radical (unpaired) electrons. The first kappa shape index (κ1) is 20.5. The highest BCUT2D eigenvalue weighted by Crippen LogP contribution is 2.39. The molecule has 0 aliphatic carbocycles. The SMILES string of the molecule is COc1cc(C(=O)c2c(O)[nH]c3cc(Cl)c(-c4ccc(N5CC(C)(C)C5)cc4)cc23)on1. The number of methoxy groups -OCH3 is 1. The highest BCUT2D eigenvalue weighted by molar-refractivity contribution is 6.34. The van der Waals surface area contributed by atoms with Crippen LogP contribution in [-0.2, 0) is 0 Å². The molecule has 1 saturated heterocycles. The summed E-state index contributed by atoms with van der Waals surface area (Å²) in [5.74, 6) is -0.614. The first-order valence-corrected chi connectivity index (χ1v) is 10.6. The van der Waals surface area contributed by atoms with Crippen LogP contribution < -0.4 is 9.64 Å². The Bertz CT molecular complexity index is 1330. The number of carbonyl (C=O) groups is 1. The molecular formula is C24H22ClN3O4. The van der Waals surface area contributed by atoms with Gasteiger partial charge in [0.1, 0.15) is 0 Å². The quantitative estimate of drug-likeness (QED) is 0.402. The van der Waals surface area contributed by atoms with E-state index in [1.165, 1.54) is 18.9 Å². The summed E-state index contributed by atoms with van der Waals surface area (Å²) in [5.41, 5.74) is 3.83. The third kappa shape index (κ3) is 3.39. The standard InChI is InChI=1S/C24H22ClN3O4/c1-24(2)11-28(12-24)14-6-4-13(5-7-14)15-8-16-18(9-17(15)25)26-23(30)21(16)22(29)19-10-20(31-3)27-32-19/h4-10,26,30H,11-12H2,1-3H3. The van der Waals surface area contributed by atoms with Crippen LogP contribution in [0.2, 0.25) is 5.02 Å². The average Bonchev–Trinajstić information content (AvgIpc) is 3.34. The minimum atomic E-state index is -0.506. The van der Waals surface area contributed by atoms with Gasteiger partial charge in [-0.3, -0.25) is 4.79 Å². The second-order valence-electron chi connectivity index (χ2n) is 8.86. The maximum atomic E-state index is 13.0. The number of carbonyl (C=O) groups excluding carboxylic acids is 1. The lowest BCUT2D eigenvalue weighted by atomic mass is 9.84. The molecule has 4 aromatic rings. The average molecular weight is 452 g/mol. The van der Waals surface area contributed by atoms with Gasteiger partial charge in [-0.2, -0.15) is 0 Å². The first-order valence-electron chi connectivity index (χ1n) is 10.2. The Hall–Kier alpha value is -3.45. The zero-order chi connectivity index (χ0) is 22.6. The highest BCUT2D eigenvalue weighted by atomic mass is 35.5. The van der Waals surface area contributed by atoms with Crippen molar-refractivity contribution in [2.45, 2.75) is 13.8 Å². The second kappa shape index (κ2) is 7.31. The number of nitrogens with zero attached hydrogens (tertiary/aromatic N) is 2. The molecule has 8 heteroatoms. The van der Waals surface area contributed by atoms with Crippen LogP contribution in [-0.4, -0.2) is 41.2 Å². The highest BCUT2D eigenvalue weighted by Gasteiger charge is 2.34. The van der Waals surface area contributed by atoms with E-state index >= 15 is 0 Å². The topological polar surface area (TPSA) is 91.6 Å². The fraction of sp³-hybridized carbons (Fsp3) is 0.250. The van der Waals surface area contributed by atoms with Gasteiger partial charge >= 0.3 is 0 Å². The molecule has 7 nitrogen and oxygen atoms in total. The third-order valence-electron chi connectivity index (χ3n) is 5.80. The molecule has 3 heterocycles. The Morgan fingerprint density at radius 2 is 1.94 bits per heavy atom. The molecule has 0 amide bonds. The Morgan fingerprint density at radius 3 is 2.56 bits per heavy atom. The predicted molar refractivity (Wildman–Crippen MR) is 123 cm³/mol. The van der Waals surface area contributed by atoms with Crippen molar-refractivity contribution >= 4 is 34.0 Å². The molecule has 1 aliphatic heterocycles. The molecule has 0 unspecified atom stereocenters. The van der Waals surface area contributed by atoms with Crippen LogP contribution in [0.15, 0.2) is 47.0 Å². The molecule has 0 spiro atoms. The summed E-state index contributed by atoms with van der Waals surface area (Å²) < 4.78 is 10.0. The summed E-state index contributed by atoms with van der Waals surface area (Å²) in [4.78, 5) is 18.2. The summed E-state index contributed by atoms with van der Waals surface area (Å²) in [6.07, 6.45) is 0. The fourth-order valence-corrected chi connectivity index (χ4v) is 4.53. The molecule has 1 fully saturated rings. The molecule has 0 bridgehead atoms. The number of nitrogens with one attached hydrogen (secondary N) is 1. The molecule has 0 atom stereocenters. The van der Waals surface area contributed by atoms with Crippen molar-refractivity contribution in [3.8, 4) is 22.9 Å². The lowest BCUT2D eigenvalue weighted by molar-refractivity contribution is 0.0999. The van der Waals surface area contributed by atoms with E-state index < -0.39 is 5.78 Å². The Kier molecular flexibility index (Phi) is 4.67. The van der Waals surface area contributed by atoms with E-state index in [4.69, 9.17) is 20.9 Å². The third-order valence-corrected chi connectivity index (χ3v) is 6.11. The Morgan fingerprint density at radius 1 is 1.22 bits per heavy atom. The number of halogens is 1. The Balaban J connectivity index is 1.53. The van der Waals surface area contributed by atoms with E-state index in [1.807, 2.05) is 12.1 Å². The van der Waals surface area contributed by atoms with Crippen molar-refractivity contribution in [2.75, 3.05) is 25.1 Å². The molecular weight excluding hydrogens is 430 g/mol. The number of anilines is 1. The van der Waals surface area contributed by atoms with E-state index in [2.05, 4.69) is 41.0 Å². The van der Waals surface area contributed by atoms with Gasteiger partial charge in [0, 0.05) is 29.7 Å². The van der Waals surface area contributed by atoms with E-state index in [-0.39, 0.29) is 23.1 Å². The molecule has 2 aromatic carbocycles. The predicted octanol–water partition coefficient (Wildman–Crippen LogP) is 5.27. The van der Waals surface area contributed by atoms with E-state index in [1.54, 1.807) is 12.1 Å². The summed E-state index contributed by atoms with van der Waals surface area (Å²) in [5, 5.41) is 15.1. The van der Waals surface area contributed by atoms with Gasteiger partial charge in [-0.15, -0.1) is 0 Å². The summed E-state index contributed by atoms with van der Waals surface area (Å²) in [6, 6.07) is 13.1. The van der Waals surface area contributed by atoms with Crippen LogP contribution in [0.25, 0.3) is 22.0 Å². The number of aromatic amines is 1. The van der Waals surface area contributed by atoms with Crippen LogP contribution >= 0.6 is 11.6 Å². The van der Waals surface area contributed by atoms with Crippen molar-refractivity contribution in [3.05, 3.63) is 58.8 Å². The van der Waals surface area contributed by atoms with Crippen molar-refractivity contribution < 1.29 is 19.2 Å². The van der Waals surface area contributed by atoms with Gasteiger partial charge < -0.3 is 24.3 Å². The molecule has 5 rings (SSSR count). The fourth-order valence-electron chi connectivity index (χ4n) is 4.26. The van der Waals surface area contributed by atoms with Crippen LogP contribution in [0.4, 0.5) is 5.69 Å². The Labute approximate surface area is 189 Å². The zero-order valence-corrected chi connectivity index (χ0v) is 18.7. The van der Waals surface area contributed by atoms with Crippen LogP contribution in [0.1, 0.15) is 30.0 Å². The number of rotatable bonds is 5. The lowest BCUT2D eigenvalue weighted by Crippen LogP contribution is -2.53. The van der Waals surface area contributed by atoms with Gasteiger partial charge in [0.25, 0.3) is 5.88 Å². The van der Waals surface area contributed by atoms with E-state index in [9.17, 15) is 9.90 Å². The van der Waals surface area contributed by atoms with E-state index in [0.717, 1.165) is 24.2 Å². The van der Waals surface area contributed by atoms with Gasteiger partial charge in [0.2, 0.25) is 17.4 Å².